The highest BCUT2D eigenvalue weighted by Crippen LogP contribution is 2.21. The number of pyridine rings is 1. The Labute approximate surface area is 97.5 Å². The number of carbonyl (C=O) groups is 1. The van der Waals surface area contributed by atoms with Gasteiger partial charge in [0, 0.05) is 11.3 Å². The van der Waals surface area contributed by atoms with Gasteiger partial charge in [-0.3, -0.25) is 0 Å². The predicted octanol–water partition coefficient (Wildman–Crippen LogP) is 2.02. The van der Waals surface area contributed by atoms with Crippen LogP contribution in [0.3, 0.4) is 0 Å². The second-order valence-corrected chi connectivity index (χ2v) is 3.25. The van der Waals surface area contributed by atoms with Gasteiger partial charge in [0.2, 0.25) is 0 Å². The molecule has 1 rings (SSSR count). The highest BCUT2D eigenvalue weighted by atomic mass is 35.5. The summed E-state index contributed by atoms with van der Waals surface area (Å²) < 4.78 is 4.97. The third-order valence-corrected chi connectivity index (χ3v) is 1.95. The molecule has 5 nitrogen and oxygen atoms in total. The molecule has 1 heterocycles. The van der Waals surface area contributed by atoms with Crippen LogP contribution in [0.4, 0.5) is 5.69 Å². The van der Waals surface area contributed by atoms with Gasteiger partial charge in [0.25, 0.3) is 0 Å². The third kappa shape index (κ3) is 2.87. The average molecular weight is 243 g/mol. The number of ether oxygens (including phenoxy) is 1. The van der Waals surface area contributed by atoms with Crippen LogP contribution in [0.5, 0.6) is 0 Å². The molecule has 0 aliphatic rings. The van der Waals surface area contributed by atoms with Crippen molar-refractivity contribution >= 4 is 29.3 Å². The molecule has 1 aromatic heterocycles. The molecule has 0 saturated carbocycles. The van der Waals surface area contributed by atoms with Crippen molar-refractivity contribution in [2.24, 2.45) is 0 Å². The van der Waals surface area contributed by atoms with Crippen molar-refractivity contribution in [2.75, 3.05) is 12.3 Å². The Kier molecular flexibility index (Phi) is 4.13. The standard InChI is InChI=1S/C10H11ClN2O3/c1-2-16-4-3-6-7(12)5-8(11)13-9(6)10(14)15/h3-5H,2H2,1H3,(H2,12,13)(H,14,15). The summed E-state index contributed by atoms with van der Waals surface area (Å²) in [5, 5.41) is 8.96. The Morgan fingerprint density at radius 3 is 3.00 bits per heavy atom. The molecule has 0 bridgehead atoms. The fourth-order valence-corrected chi connectivity index (χ4v) is 1.29. The maximum Gasteiger partial charge on any atom is 0.355 e. The quantitative estimate of drug-likeness (QED) is 0.623. The van der Waals surface area contributed by atoms with Crippen LogP contribution in [0.25, 0.3) is 6.08 Å². The van der Waals surface area contributed by atoms with Gasteiger partial charge in [-0.2, -0.15) is 0 Å². The van der Waals surface area contributed by atoms with Crippen molar-refractivity contribution in [3.8, 4) is 0 Å². The molecule has 16 heavy (non-hydrogen) atoms. The molecule has 86 valence electrons. The normalized spacial score (nSPS) is 10.6. The van der Waals surface area contributed by atoms with E-state index in [-0.39, 0.29) is 22.1 Å². The summed E-state index contributed by atoms with van der Waals surface area (Å²) in [6.45, 7) is 2.30. The lowest BCUT2D eigenvalue weighted by molar-refractivity contribution is 0.0690. The third-order valence-electron chi connectivity index (χ3n) is 1.76. The summed E-state index contributed by atoms with van der Waals surface area (Å²) >= 11 is 5.62. The maximum absolute atomic E-state index is 10.9. The van der Waals surface area contributed by atoms with E-state index in [0.717, 1.165) is 0 Å². The first-order valence-corrected chi connectivity index (χ1v) is 4.91. The van der Waals surface area contributed by atoms with Gasteiger partial charge in [-0.05, 0) is 19.1 Å². The molecular formula is C10H11ClN2O3. The van der Waals surface area contributed by atoms with E-state index >= 15 is 0 Å². The molecule has 6 heteroatoms. The number of halogens is 1. The monoisotopic (exact) mass is 242 g/mol. The summed E-state index contributed by atoms with van der Waals surface area (Å²) in [6, 6.07) is 1.39. The number of rotatable bonds is 4. The number of aromatic nitrogens is 1. The summed E-state index contributed by atoms with van der Waals surface area (Å²) in [5.41, 5.74) is 5.98. The van der Waals surface area contributed by atoms with Crippen molar-refractivity contribution in [2.45, 2.75) is 6.92 Å². The molecule has 0 aliphatic carbocycles. The molecule has 0 radical (unpaired) electrons. The second kappa shape index (κ2) is 5.37. The van der Waals surface area contributed by atoms with E-state index in [0.29, 0.717) is 6.61 Å². The van der Waals surface area contributed by atoms with Gasteiger partial charge < -0.3 is 15.6 Å². The summed E-state index contributed by atoms with van der Waals surface area (Å²) in [6.07, 6.45) is 2.82. The zero-order chi connectivity index (χ0) is 12.1. The fraction of sp³-hybridized carbons (Fsp3) is 0.200. The van der Waals surface area contributed by atoms with Crippen molar-refractivity contribution in [1.82, 2.24) is 4.98 Å². The number of aromatic carboxylic acids is 1. The van der Waals surface area contributed by atoms with E-state index in [4.69, 9.17) is 27.2 Å². The lowest BCUT2D eigenvalue weighted by atomic mass is 10.1. The van der Waals surface area contributed by atoms with E-state index in [1.165, 1.54) is 18.4 Å². The van der Waals surface area contributed by atoms with Gasteiger partial charge in [0.05, 0.1) is 12.9 Å². The first kappa shape index (κ1) is 12.3. The SMILES string of the molecule is CCOC=Cc1c(N)cc(Cl)nc1C(=O)O. The number of nitrogen functional groups attached to an aromatic ring is 1. The number of anilines is 1. The topological polar surface area (TPSA) is 85.4 Å². The van der Waals surface area contributed by atoms with Crippen LogP contribution >= 0.6 is 11.6 Å². The van der Waals surface area contributed by atoms with Crippen LogP contribution in [0.2, 0.25) is 5.15 Å². The average Bonchev–Trinajstić information content (AvgIpc) is 2.20. The number of nitrogens with two attached hydrogens (primary N) is 1. The molecule has 0 atom stereocenters. The fourth-order valence-electron chi connectivity index (χ4n) is 1.09. The molecular weight excluding hydrogens is 232 g/mol. The first-order valence-electron chi connectivity index (χ1n) is 4.53. The summed E-state index contributed by atoms with van der Waals surface area (Å²) in [7, 11) is 0. The minimum Gasteiger partial charge on any atom is -0.501 e. The molecule has 0 aromatic carbocycles. The van der Waals surface area contributed by atoms with Gasteiger partial charge in [-0.1, -0.05) is 11.6 Å². The molecule has 0 saturated heterocycles. The zero-order valence-electron chi connectivity index (χ0n) is 8.61. The Balaban J connectivity index is 3.19. The van der Waals surface area contributed by atoms with Crippen molar-refractivity contribution in [3.63, 3.8) is 0 Å². The first-order chi connectivity index (χ1) is 7.56. The van der Waals surface area contributed by atoms with Crippen LogP contribution in [0.1, 0.15) is 23.0 Å². The molecule has 1 aromatic rings. The van der Waals surface area contributed by atoms with Crippen molar-refractivity contribution in [1.29, 1.82) is 0 Å². The van der Waals surface area contributed by atoms with E-state index in [1.54, 1.807) is 0 Å². The summed E-state index contributed by atoms with van der Waals surface area (Å²) in [5.74, 6) is -1.19. The number of carboxylic acids is 1. The largest absolute Gasteiger partial charge is 0.501 e. The molecule has 0 unspecified atom stereocenters. The van der Waals surface area contributed by atoms with Crippen LogP contribution in [0.15, 0.2) is 12.3 Å². The van der Waals surface area contributed by atoms with E-state index in [1.807, 2.05) is 6.92 Å². The van der Waals surface area contributed by atoms with E-state index < -0.39 is 5.97 Å². The number of nitrogens with zero attached hydrogens (tertiary/aromatic N) is 1. The van der Waals surface area contributed by atoms with Gasteiger partial charge in [0.15, 0.2) is 5.69 Å². The highest BCUT2D eigenvalue weighted by molar-refractivity contribution is 6.30. The Morgan fingerprint density at radius 2 is 2.44 bits per heavy atom. The molecule has 0 aliphatic heterocycles. The van der Waals surface area contributed by atoms with Crippen molar-refractivity contribution < 1.29 is 14.6 Å². The Bertz CT molecular complexity index is 432. The molecule has 0 spiro atoms. The zero-order valence-corrected chi connectivity index (χ0v) is 9.36. The maximum atomic E-state index is 10.9. The van der Waals surface area contributed by atoms with Crippen LogP contribution in [0, 0.1) is 0 Å². The lowest BCUT2D eigenvalue weighted by Crippen LogP contribution is -2.06. The Morgan fingerprint density at radius 1 is 1.75 bits per heavy atom. The van der Waals surface area contributed by atoms with Crippen LogP contribution < -0.4 is 5.73 Å². The molecule has 0 fully saturated rings. The van der Waals surface area contributed by atoms with E-state index in [2.05, 4.69) is 4.98 Å². The van der Waals surface area contributed by atoms with Gasteiger partial charge in [-0.15, -0.1) is 0 Å². The second-order valence-electron chi connectivity index (χ2n) is 2.86. The predicted molar refractivity (Wildman–Crippen MR) is 61.3 cm³/mol. The van der Waals surface area contributed by atoms with Gasteiger partial charge in [-0.25, -0.2) is 9.78 Å². The van der Waals surface area contributed by atoms with Crippen LogP contribution in [-0.2, 0) is 4.74 Å². The Hall–Kier alpha value is -1.75. The summed E-state index contributed by atoms with van der Waals surface area (Å²) in [4.78, 5) is 14.6. The minimum absolute atomic E-state index is 0.0449. The molecule has 3 N–H and O–H groups in total. The smallest absolute Gasteiger partial charge is 0.355 e. The van der Waals surface area contributed by atoms with Gasteiger partial charge in [0.1, 0.15) is 5.15 Å². The highest BCUT2D eigenvalue weighted by Gasteiger charge is 2.14. The number of hydrogen-bond donors (Lipinski definition) is 2. The van der Waals surface area contributed by atoms with Gasteiger partial charge >= 0.3 is 5.97 Å². The minimum atomic E-state index is -1.19. The molecule has 0 amide bonds. The van der Waals surface area contributed by atoms with E-state index in [9.17, 15) is 4.79 Å². The number of carboxylic acid groups (broad SMARTS) is 1. The van der Waals surface area contributed by atoms with Crippen LogP contribution in [-0.4, -0.2) is 22.7 Å². The van der Waals surface area contributed by atoms with Crippen molar-refractivity contribution in [3.05, 3.63) is 28.7 Å². The number of hydrogen-bond acceptors (Lipinski definition) is 4. The lowest BCUT2D eigenvalue weighted by Gasteiger charge is -2.05.